The highest BCUT2D eigenvalue weighted by molar-refractivity contribution is 5.94. The van der Waals surface area contributed by atoms with Crippen molar-refractivity contribution < 1.29 is 0 Å². The third kappa shape index (κ3) is 3.47. The second-order valence-corrected chi connectivity index (χ2v) is 13.7. The zero-order valence-electron chi connectivity index (χ0n) is 24.7. The molecule has 0 unspecified atom stereocenters. The lowest BCUT2D eigenvalue weighted by Crippen LogP contribution is -2.55. The maximum Gasteiger partial charge on any atom is 0.164 e. The van der Waals surface area contributed by atoms with E-state index < -0.39 is 0 Å². The average molecular weight is 568 g/mol. The van der Waals surface area contributed by atoms with Gasteiger partial charge < -0.3 is 0 Å². The smallest absolute Gasteiger partial charge is 0.164 e. The normalized spacial score (nSPS) is 25.8. The molecule has 3 heteroatoms. The van der Waals surface area contributed by atoms with E-state index in [1.807, 2.05) is 36.4 Å². The van der Waals surface area contributed by atoms with E-state index in [1.54, 1.807) is 5.56 Å². The molecule has 44 heavy (non-hydrogen) atoms. The van der Waals surface area contributed by atoms with Crippen LogP contribution in [0.25, 0.3) is 56.1 Å². The number of aromatic nitrogens is 3. The van der Waals surface area contributed by atoms with Gasteiger partial charge in [-0.2, -0.15) is 0 Å². The van der Waals surface area contributed by atoms with Gasteiger partial charge in [0.1, 0.15) is 0 Å². The molecule has 0 N–H and O–H groups in total. The summed E-state index contributed by atoms with van der Waals surface area (Å²) >= 11 is 0. The first kappa shape index (κ1) is 24.8. The molecule has 4 fully saturated rings. The molecular weight excluding hydrogens is 534 g/mol. The summed E-state index contributed by atoms with van der Waals surface area (Å²) in [7, 11) is 0. The summed E-state index contributed by atoms with van der Waals surface area (Å²) in [4.78, 5) is 15.2. The Morgan fingerprint density at radius 2 is 0.932 bits per heavy atom. The van der Waals surface area contributed by atoms with Crippen LogP contribution in [-0.4, -0.2) is 15.0 Å². The molecule has 0 amide bonds. The van der Waals surface area contributed by atoms with Crippen molar-refractivity contribution in [2.75, 3.05) is 0 Å². The average Bonchev–Trinajstić information content (AvgIpc) is 3.35. The topological polar surface area (TPSA) is 38.7 Å². The van der Waals surface area contributed by atoms with Crippen molar-refractivity contribution >= 4 is 10.8 Å². The van der Waals surface area contributed by atoms with Crippen molar-refractivity contribution in [1.29, 1.82) is 0 Å². The standard InChI is InChI=1S/C41H33N3/c1-3-9-27(10-4-1)38-42-39(28-11-5-2-6-12-28)44-40(43-38)31-15-16-34-35-22-29-13-7-8-14-30(29)23-37(35)41(36(34)24-31)32-18-25-17-26(20-32)21-33(41)19-25/h1-16,22-26,32-33H,17-21H2. The van der Waals surface area contributed by atoms with Gasteiger partial charge in [0.15, 0.2) is 17.5 Å². The van der Waals surface area contributed by atoms with Crippen LogP contribution in [0.3, 0.4) is 0 Å². The minimum atomic E-state index is 0.0790. The third-order valence-corrected chi connectivity index (χ3v) is 11.5. The van der Waals surface area contributed by atoms with E-state index in [1.165, 1.54) is 59.6 Å². The molecule has 4 bridgehead atoms. The van der Waals surface area contributed by atoms with Gasteiger partial charge in [-0.25, -0.2) is 15.0 Å². The predicted octanol–water partition coefficient (Wildman–Crippen LogP) is 9.75. The maximum absolute atomic E-state index is 5.12. The maximum atomic E-state index is 5.12. The Morgan fingerprint density at radius 3 is 1.52 bits per heavy atom. The third-order valence-electron chi connectivity index (χ3n) is 11.5. The van der Waals surface area contributed by atoms with Crippen molar-refractivity contribution in [2.24, 2.45) is 23.7 Å². The van der Waals surface area contributed by atoms with Crippen molar-refractivity contribution in [3.8, 4) is 45.3 Å². The van der Waals surface area contributed by atoms with Gasteiger partial charge >= 0.3 is 0 Å². The fourth-order valence-electron chi connectivity index (χ4n) is 9.96. The Balaban J connectivity index is 1.21. The molecule has 6 aromatic rings. The molecule has 5 aliphatic carbocycles. The van der Waals surface area contributed by atoms with Gasteiger partial charge in [0.05, 0.1) is 0 Å². The van der Waals surface area contributed by atoms with Crippen molar-refractivity contribution in [1.82, 2.24) is 15.0 Å². The summed E-state index contributed by atoms with van der Waals surface area (Å²) in [5.74, 6) is 5.40. The second-order valence-electron chi connectivity index (χ2n) is 13.7. The van der Waals surface area contributed by atoms with Crippen molar-refractivity contribution in [3.63, 3.8) is 0 Å². The number of rotatable bonds is 3. The number of fused-ring (bicyclic) bond motifs is 4. The van der Waals surface area contributed by atoms with Gasteiger partial charge in [-0.15, -0.1) is 0 Å². The van der Waals surface area contributed by atoms with Crippen LogP contribution in [0.4, 0.5) is 0 Å². The SMILES string of the molecule is c1ccc(-c2nc(-c3ccccc3)nc(-c3ccc4c(c3)C3(c5cc6ccccc6cc5-4)C4CC5CC(C4)CC3C5)n2)cc1. The molecule has 3 nitrogen and oxygen atoms in total. The van der Waals surface area contributed by atoms with E-state index in [-0.39, 0.29) is 5.41 Å². The molecule has 0 atom stereocenters. The van der Waals surface area contributed by atoms with E-state index in [9.17, 15) is 0 Å². The fourth-order valence-corrected chi connectivity index (χ4v) is 9.96. The number of hydrogen-bond donors (Lipinski definition) is 0. The molecule has 212 valence electrons. The minimum absolute atomic E-state index is 0.0790. The van der Waals surface area contributed by atoms with E-state index in [4.69, 9.17) is 15.0 Å². The van der Waals surface area contributed by atoms with E-state index >= 15 is 0 Å². The summed E-state index contributed by atoms with van der Waals surface area (Å²) < 4.78 is 0. The summed E-state index contributed by atoms with van der Waals surface area (Å²) in [6.07, 6.45) is 6.92. The molecule has 1 spiro atoms. The quantitative estimate of drug-likeness (QED) is 0.214. The summed E-state index contributed by atoms with van der Waals surface area (Å²) in [5, 5.41) is 2.70. The van der Waals surface area contributed by atoms with E-state index in [0.29, 0.717) is 23.5 Å². The lowest BCUT2D eigenvalue weighted by atomic mass is 9.43. The highest BCUT2D eigenvalue weighted by Crippen LogP contribution is 2.69. The van der Waals surface area contributed by atoms with E-state index in [2.05, 4.69) is 78.9 Å². The van der Waals surface area contributed by atoms with Crippen molar-refractivity contribution in [2.45, 2.75) is 37.5 Å². The molecule has 1 heterocycles. The number of benzene rings is 5. The molecular formula is C41H33N3. The highest BCUT2D eigenvalue weighted by Gasteiger charge is 2.61. The van der Waals surface area contributed by atoms with Crippen molar-refractivity contribution in [3.05, 3.63) is 126 Å². The summed E-state index contributed by atoms with van der Waals surface area (Å²) in [6, 6.07) is 41.7. The Bertz CT molecular complexity index is 2000. The van der Waals surface area contributed by atoms with Gasteiger partial charge in [0, 0.05) is 22.1 Å². The molecule has 0 aliphatic heterocycles. The number of hydrogen-bond acceptors (Lipinski definition) is 3. The fraction of sp³-hybridized carbons (Fsp3) is 0.244. The first-order chi connectivity index (χ1) is 21.7. The summed E-state index contributed by atoms with van der Waals surface area (Å²) in [5.41, 5.74) is 9.16. The summed E-state index contributed by atoms with van der Waals surface area (Å²) in [6.45, 7) is 0. The predicted molar refractivity (Wildman–Crippen MR) is 177 cm³/mol. The molecule has 4 saturated carbocycles. The molecule has 5 aromatic carbocycles. The Labute approximate surface area is 258 Å². The first-order valence-corrected chi connectivity index (χ1v) is 16.3. The van der Waals surface area contributed by atoms with Crippen LogP contribution in [0.1, 0.15) is 43.2 Å². The Hall–Kier alpha value is -4.63. The van der Waals surface area contributed by atoms with Crippen LogP contribution < -0.4 is 0 Å². The van der Waals surface area contributed by atoms with Crippen LogP contribution >= 0.6 is 0 Å². The lowest BCUT2D eigenvalue weighted by Gasteiger charge is -2.61. The van der Waals surface area contributed by atoms with Crippen LogP contribution in [0, 0.1) is 23.7 Å². The van der Waals surface area contributed by atoms with Crippen LogP contribution in [-0.2, 0) is 5.41 Å². The van der Waals surface area contributed by atoms with Gasteiger partial charge in [0.2, 0.25) is 0 Å². The molecule has 0 radical (unpaired) electrons. The van der Waals surface area contributed by atoms with Crippen LogP contribution in [0.5, 0.6) is 0 Å². The molecule has 1 aromatic heterocycles. The molecule has 5 aliphatic rings. The molecule has 11 rings (SSSR count). The second kappa shape index (κ2) is 9.19. The molecule has 0 saturated heterocycles. The van der Waals surface area contributed by atoms with Gasteiger partial charge in [-0.3, -0.25) is 0 Å². The van der Waals surface area contributed by atoms with Crippen LogP contribution in [0.2, 0.25) is 0 Å². The zero-order chi connectivity index (χ0) is 28.8. The largest absolute Gasteiger partial charge is 0.208 e. The van der Waals surface area contributed by atoms with Gasteiger partial charge in [0.25, 0.3) is 0 Å². The lowest BCUT2D eigenvalue weighted by molar-refractivity contribution is -0.0398. The van der Waals surface area contributed by atoms with Crippen LogP contribution in [0.15, 0.2) is 115 Å². The van der Waals surface area contributed by atoms with Gasteiger partial charge in [-0.1, -0.05) is 97.1 Å². The zero-order valence-corrected chi connectivity index (χ0v) is 24.7. The van der Waals surface area contributed by atoms with Gasteiger partial charge in [-0.05, 0) is 107 Å². The minimum Gasteiger partial charge on any atom is -0.208 e. The van der Waals surface area contributed by atoms with E-state index in [0.717, 1.165) is 34.4 Å². The first-order valence-electron chi connectivity index (χ1n) is 16.3. The highest BCUT2D eigenvalue weighted by atomic mass is 15.0. The monoisotopic (exact) mass is 567 g/mol. The Morgan fingerprint density at radius 1 is 0.432 bits per heavy atom. The Kier molecular flexibility index (Phi) is 5.17. The number of nitrogens with zero attached hydrogens (tertiary/aromatic N) is 3.